The van der Waals surface area contributed by atoms with Crippen LogP contribution in [0, 0.1) is 6.92 Å². The fourth-order valence-electron chi connectivity index (χ4n) is 3.61. The minimum absolute atomic E-state index is 0.118. The number of nitrogens with zero attached hydrogens (tertiary/aromatic N) is 1. The Morgan fingerprint density at radius 2 is 1.88 bits per heavy atom. The Balaban J connectivity index is 1.54. The number of aromatic amines is 1. The lowest BCUT2D eigenvalue weighted by Crippen LogP contribution is -2.35. The number of aromatic nitrogens is 2. The van der Waals surface area contributed by atoms with Crippen molar-refractivity contribution in [3.63, 3.8) is 0 Å². The van der Waals surface area contributed by atoms with Crippen molar-refractivity contribution in [3.05, 3.63) is 86.1 Å². The molecule has 0 radical (unpaired) electrons. The summed E-state index contributed by atoms with van der Waals surface area (Å²) in [5.41, 5.74) is 3.08. The number of aryl methyl sites for hydroxylation is 2. The second-order valence-electron chi connectivity index (χ2n) is 7.76. The molecule has 0 aliphatic rings. The quantitative estimate of drug-likeness (QED) is 0.309. The molecule has 0 spiro atoms. The Morgan fingerprint density at radius 3 is 2.61 bits per heavy atom. The molecule has 0 fully saturated rings. The number of hydrogen-bond donors (Lipinski definition) is 3. The van der Waals surface area contributed by atoms with E-state index in [-0.39, 0.29) is 18.0 Å². The van der Waals surface area contributed by atoms with Crippen molar-refractivity contribution in [2.24, 2.45) is 0 Å². The lowest BCUT2D eigenvalue weighted by molar-refractivity contribution is 0.0950. The van der Waals surface area contributed by atoms with Gasteiger partial charge in [-0.2, -0.15) is 0 Å². The summed E-state index contributed by atoms with van der Waals surface area (Å²) < 4.78 is 1.18. The number of unbranched alkanes of at least 4 members (excludes halogenated alkanes) is 1. The van der Waals surface area contributed by atoms with E-state index in [1.54, 1.807) is 6.07 Å². The summed E-state index contributed by atoms with van der Waals surface area (Å²) in [6.45, 7) is 4.90. The van der Waals surface area contributed by atoms with Crippen molar-refractivity contribution in [1.82, 2.24) is 14.9 Å². The molecule has 8 heteroatoms. The van der Waals surface area contributed by atoms with Crippen molar-refractivity contribution in [2.75, 3.05) is 18.1 Å². The van der Waals surface area contributed by atoms with Gasteiger partial charge in [0.2, 0.25) is 0 Å². The van der Waals surface area contributed by atoms with E-state index >= 15 is 0 Å². The van der Waals surface area contributed by atoms with Crippen LogP contribution in [0.1, 0.15) is 41.3 Å². The molecule has 0 bridgehead atoms. The van der Waals surface area contributed by atoms with Crippen LogP contribution in [0.3, 0.4) is 0 Å². The predicted molar refractivity (Wildman–Crippen MR) is 135 cm³/mol. The molecule has 0 aliphatic heterocycles. The summed E-state index contributed by atoms with van der Waals surface area (Å²) in [6.07, 6.45) is 4.09. The van der Waals surface area contributed by atoms with Crippen LogP contribution in [-0.2, 0) is 13.0 Å². The van der Waals surface area contributed by atoms with Gasteiger partial charge in [0.05, 0.1) is 5.56 Å². The highest BCUT2D eigenvalue weighted by molar-refractivity contribution is 7.98. The Bertz CT molecular complexity index is 1200. The number of rotatable bonds is 10. The zero-order chi connectivity index (χ0) is 23.8. The smallest absolute Gasteiger partial charge is 0.329 e. The molecule has 3 rings (SSSR count). The van der Waals surface area contributed by atoms with Crippen LogP contribution in [-0.4, -0.2) is 28.3 Å². The third-order valence-corrected chi connectivity index (χ3v) is 6.27. The van der Waals surface area contributed by atoms with Crippen LogP contribution in [0.25, 0.3) is 0 Å². The number of anilines is 2. The first kappa shape index (κ1) is 24.4. The Kier molecular flexibility index (Phi) is 8.54. The normalized spacial score (nSPS) is 10.8. The van der Waals surface area contributed by atoms with Crippen molar-refractivity contribution in [1.29, 1.82) is 0 Å². The fourth-order valence-corrected chi connectivity index (χ4v) is 4.20. The lowest BCUT2D eigenvalue weighted by Gasteiger charge is -2.11. The molecule has 0 saturated carbocycles. The van der Waals surface area contributed by atoms with E-state index in [0.29, 0.717) is 30.8 Å². The van der Waals surface area contributed by atoms with Gasteiger partial charge in [-0.1, -0.05) is 25.1 Å². The van der Waals surface area contributed by atoms with Crippen molar-refractivity contribution in [3.8, 4) is 0 Å². The van der Waals surface area contributed by atoms with Gasteiger partial charge >= 0.3 is 5.69 Å². The number of H-pyrrole nitrogens is 1. The maximum atomic E-state index is 12.5. The van der Waals surface area contributed by atoms with Gasteiger partial charge in [0.1, 0.15) is 5.82 Å². The molecule has 33 heavy (non-hydrogen) atoms. The van der Waals surface area contributed by atoms with Crippen LogP contribution in [0.2, 0.25) is 0 Å². The summed E-state index contributed by atoms with van der Waals surface area (Å²) in [7, 11) is 0. The number of amides is 1. The van der Waals surface area contributed by atoms with Crippen molar-refractivity contribution < 1.29 is 4.79 Å². The zero-order valence-electron chi connectivity index (χ0n) is 19.2. The molecule has 2 aromatic carbocycles. The van der Waals surface area contributed by atoms with Crippen LogP contribution in [0.15, 0.2) is 63.0 Å². The number of thioether (sulfide) groups is 1. The van der Waals surface area contributed by atoms with Crippen LogP contribution >= 0.6 is 11.8 Å². The van der Waals surface area contributed by atoms with Crippen LogP contribution < -0.4 is 21.9 Å². The number of hydrogen-bond acceptors (Lipinski definition) is 5. The van der Waals surface area contributed by atoms with Gasteiger partial charge < -0.3 is 10.6 Å². The van der Waals surface area contributed by atoms with E-state index in [1.807, 2.05) is 42.7 Å². The molecule has 0 unspecified atom stereocenters. The maximum absolute atomic E-state index is 12.5. The van der Waals surface area contributed by atoms with Gasteiger partial charge in [0.25, 0.3) is 11.5 Å². The van der Waals surface area contributed by atoms with Gasteiger partial charge in [-0.25, -0.2) is 4.79 Å². The molecule has 1 amide bonds. The zero-order valence-corrected chi connectivity index (χ0v) is 20.1. The van der Waals surface area contributed by atoms with E-state index in [9.17, 15) is 14.4 Å². The molecule has 1 heterocycles. The Hall–Kier alpha value is -3.26. The highest BCUT2D eigenvalue weighted by atomic mass is 32.2. The highest BCUT2D eigenvalue weighted by Crippen LogP contribution is 2.20. The summed E-state index contributed by atoms with van der Waals surface area (Å²) in [6, 6.07) is 14.8. The maximum Gasteiger partial charge on any atom is 0.329 e. The van der Waals surface area contributed by atoms with E-state index in [1.165, 1.54) is 33.5 Å². The number of carbonyl (C=O) groups excluding carboxylic acids is 1. The number of benzene rings is 2. The molecule has 0 saturated heterocycles. The standard InChI is InChI=1S/C25H30N4O3S/c1-4-18-15-19(12-11-17(18)2)27-22-16-23(30)29(25(32)28-22)14-8-7-13-26-24(31)20-9-5-6-10-21(20)33-3/h5-6,9-12,15-16,27H,4,7-8,13-14H2,1-3H3,(H,26,31)(H,28,32). The van der Waals surface area contributed by atoms with Gasteiger partial charge in [-0.15, -0.1) is 11.8 Å². The van der Waals surface area contributed by atoms with E-state index in [0.717, 1.165) is 17.0 Å². The van der Waals surface area contributed by atoms with Crippen LogP contribution in [0.4, 0.5) is 11.5 Å². The monoisotopic (exact) mass is 466 g/mol. The molecule has 3 N–H and O–H groups in total. The van der Waals surface area contributed by atoms with Gasteiger partial charge in [0.15, 0.2) is 0 Å². The van der Waals surface area contributed by atoms with Crippen molar-refractivity contribution in [2.45, 2.75) is 44.6 Å². The Morgan fingerprint density at radius 1 is 1.09 bits per heavy atom. The third kappa shape index (κ3) is 6.38. The second-order valence-corrected chi connectivity index (χ2v) is 8.61. The molecular weight excluding hydrogens is 436 g/mol. The Labute approximate surface area is 197 Å². The fraction of sp³-hybridized carbons (Fsp3) is 0.320. The first-order valence-corrected chi connectivity index (χ1v) is 12.3. The largest absolute Gasteiger partial charge is 0.352 e. The molecule has 0 aliphatic carbocycles. The van der Waals surface area contributed by atoms with Crippen LogP contribution in [0.5, 0.6) is 0 Å². The summed E-state index contributed by atoms with van der Waals surface area (Å²) in [4.78, 5) is 41.0. The summed E-state index contributed by atoms with van der Waals surface area (Å²) in [5, 5.41) is 6.01. The highest BCUT2D eigenvalue weighted by Gasteiger charge is 2.10. The molecule has 174 valence electrons. The minimum atomic E-state index is -0.453. The molecule has 3 aromatic rings. The lowest BCUT2D eigenvalue weighted by atomic mass is 10.1. The first-order valence-electron chi connectivity index (χ1n) is 11.0. The van der Waals surface area contributed by atoms with E-state index in [2.05, 4.69) is 29.5 Å². The topological polar surface area (TPSA) is 96.0 Å². The van der Waals surface area contributed by atoms with Crippen molar-refractivity contribution >= 4 is 29.2 Å². The van der Waals surface area contributed by atoms with Gasteiger partial charge in [-0.3, -0.25) is 19.1 Å². The molecular formula is C25H30N4O3S. The summed E-state index contributed by atoms with van der Waals surface area (Å²) in [5.74, 6) is 0.250. The first-order chi connectivity index (χ1) is 15.9. The van der Waals surface area contributed by atoms with E-state index < -0.39 is 5.69 Å². The number of carbonyl (C=O) groups is 1. The third-order valence-electron chi connectivity index (χ3n) is 5.48. The van der Waals surface area contributed by atoms with Gasteiger partial charge in [-0.05, 0) is 67.8 Å². The average Bonchev–Trinajstić information content (AvgIpc) is 2.81. The molecule has 0 atom stereocenters. The van der Waals surface area contributed by atoms with E-state index in [4.69, 9.17) is 0 Å². The summed E-state index contributed by atoms with van der Waals surface area (Å²) >= 11 is 1.53. The molecule has 7 nitrogen and oxygen atoms in total. The predicted octanol–water partition coefficient (Wildman–Crippen LogP) is 4.08. The van der Waals surface area contributed by atoms with Gasteiger partial charge in [0, 0.05) is 29.7 Å². The SMILES string of the molecule is CCc1cc(Nc2cc(=O)n(CCCCNC(=O)c3ccccc3SC)c(=O)[nH]2)ccc1C. The average molecular weight is 467 g/mol. The molecule has 1 aromatic heterocycles. The minimum Gasteiger partial charge on any atom is -0.352 e. The number of nitrogens with one attached hydrogen (secondary N) is 3. The second kappa shape index (κ2) is 11.6.